The summed E-state index contributed by atoms with van der Waals surface area (Å²) >= 11 is 0. The molecule has 0 saturated heterocycles. The fourth-order valence-corrected chi connectivity index (χ4v) is 2.39. The number of hydrogen-bond donors (Lipinski definition) is 0. The number of hydrogen-bond acceptors (Lipinski definition) is 5. The van der Waals surface area contributed by atoms with E-state index in [0.29, 0.717) is 30.9 Å². The van der Waals surface area contributed by atoms with Gasteiger partial charge in [0.05, 0.1) is 19.6 Å². The Morgan fingerprint density at radius 3 is 2.52 bits per heavy atom. The minimum atomic E-state index is -0.413. The van der Waals surface area contributed by atoms with Crippen LogP contribution in [0, 0.1) is 11.3 Å². The second-order valence-electron chi connectivity index (χ2n) is 5.25. The average molecular weight is 318 g/mol. The fraction of sp³-hybridized carbons (Fsp3) is 0.471. The molecule has 0 N–H and O–H groups in total. The van der Waals surface area contributed by atoms with Gasteiger partial charge in [0.2, 0.25) is 5.91 Å². The maximum Gasteiger partial charge on any atom is 0.308 e. The number of amides is 1. The molecule has 6 nitrogen and oxygen atoms in total. The molecule has 1 amide bonds. The topological polar surface area (TPSA) is 79.6 Å². The van der Waals surface area contributed by atoms with Crippen molar-refractivity contribution in [2.24, 2.45) is 0 Å². The van der Waals surface area contributed by atoms with Crippen LogP contribution < -0.4 is 9.47 Å². The van der Waals surface area contributed by atoms with E-state index in [-0.39, 0.29) is 11.9 Å². The Morgan fingerprint density at radius 2 is 2.00 bits per heavy atom. The normalized spacial score (nSPS) is 11.3. The number of carbonyl (C=O) groups is 2. The molecule has 0 aromatic heterocycles. The third kappa shape index (κ3) is 5.62. The number of rotatable bonds is 7. The minimum absolute atomic E-state index is 0.0508. The van der Waals surface area contributed by atoms with Crippen molar-refractivity contribution in [3.8, 4) is 17.6 Å². The Balaban J connectivity index is 2.88. The molecule has 23 heavy (non-hydrogen) atoms. The molecular formula is C17H22N2O4. The highest BCUT2D eigenvalue weighted by Gasteiger charge is 2.18. The molecule has 0 heterocycles. The van der Waals surface area contributed by atoms with Crippen molar-refractivity contribution in [3.63, 3.8) is 0 Å². The molecule has 124 valence electrons. The summed E-state index contributed by atoms with van der Waals surface area (Å²) in [6.07, 6.45) is 0.917. The zero-order valence-electron chi connectivity index (χ0n) is 14.0. The van der Waals surface area contributed by atoms with Gasteiger partial charge in [0.1, 0.15) is 0 Å². The fourth-order valence-electron chi connectivity index (χ4n) is 2.39. The molecule has 0 saturated carbocycles. The summed E-state index contributed by atoms with van der Waals surface area (Å²) in [5, 5.41) is 8.69. The van der Waals surface area contributed by atoms with Crippen LogP contribution in [0.3, 0.4) is 0 Å². The lowest BCUT2D eigenvalue weighted by atomic mass is 10.0. The lowest BCUT2D eigenvalue weighted by Crippen LogP contribution is -2.39. The zero-order valence-corrected chi connectivity index (χ0v) is 14.0. The smallest absolute Gasteiger partial charge is 0.308 e. The predicted molar refractivity (Wildman–Crippen MR) is 85.1 cm³/mol. The monoisotopic (exact) mass is 318 g/mol. The molecule has 0 radical (unpaired) electrons. The summed E-state index contributed by atoms with van der Waals surface area (Å²) < 4.78 is 10.3. The molecule has 0 spiro atoms. The van der Waals surface area contributed by atoms with E-state index in [1.54, 1.807) is 17.0 Å². The standard InChI is InChI=1S/C17H22N2O4/c1-12(19(13(2)20)9-5-8-18)10-15-6-7-16(23-14(3)21)17(11-15)22-4/h6-7,11-12H,5,9-10H2,1-4H3. The molecule has 1 atom stereocenters. The van der Waals surface area contributed by atoms with Crippen molar-refractivity contribution >= 4 is 11.9 Å². The first kappa shape index (κ1) is 18.5. The van der Waals surface area contributed by atoms with Crippen LogP contribution in [0.1, 0.15) is 32.8 Å². The molecule has 0 fully saturated rings. The van der Waals surface area contributed by atoms with Gasteiger partial charge in [-0.15, -0.1) is 0 Å². The molecule has 6 heteroatoms. The third-order valence-corrected chi connectivity index (χ3v) is 3.41. The highest BCUT2D eigenvalue weighted by Crippen LogP contribution is 2.29. The Hall–Kier alpha value is -2.55. The second kappa shape index (κ2) is 8.79. The lowest BCUT2D eigenvalue weighted by molar-refractivity contribution is -0.132. The lowest BCUT2D eigenvalue weighted by Gasteiger charge is -2.27. The molecule has 0 bridgehead atoms. The molecule has 1 aromatic carbocycles. The van der Waals surface area contributed by atoms with E-state index in [0.717, 1.165) is 5.56 Å². The third-order valence-electron chi connectivity index (χ3n) is 3.41. The number of esters is 1. The Kier molecular flexibility index (Phi) is 7.07. The number of methoxy groups -OCH3 is 1. The predicted octanol–water partition coefficient (Wildman–Crippen LogP) is 2.31. The van der Waals surface area contributed by atoms with Crippen molar-refractivity contribution < 1.29 is 19.1 Å². The highest BCUT2D eigenvalue weighted by molar-refractivity contribution is 5.73. The van der Waals surface area contributed by atoms with Gasteiger partial charge in [0, 0.05) is 26.4 Å². The van der Waals surface area contributed by atoms with Crippen molar-refractivity contribution in [2.75, 3.05) is 13.7 Å². The quantitative estimate of drug-likeness (QED) is 0.569. The molecule has 1 rings (SSSR count). The number of benzene rings is 1. The van der Waals surface area contributed by atoms with E-state index in [4.69, 9.17) is 14.7 Å². The molecule has 0 aliphatic heterocycles. The first-order valence-electron chi connectivity index (χ1n) is 7.38. The van der Waals surface area contributed by atoms with Crippen molar-refractivity contribution in [3.05, 3.63) is 23.8 Å². The van der Waals surface area contributed by atoms with Crippen LogP contribution in [-0.4, -0.2) is 36.5 Å². The summed E-state index contributed by atoms with van der Waals surface area (Å²) in [6, 6.07) is 7.30. The van der Waals surface area contributed by atoms with E-state index >= 15 is 0 Å². The van der Waals surface area contributed by atoms with E-state index in [1.807, 2.05) is 13.0 Å². The van der Waals surface area contributed by atoms with Gasteiger partial charge in [-0.3, -0.25) is 9.59 Å². The SMILES string of the molecule is COc1cc(CC(C)N(CCC#N)C(C)=O)ccc1OC(C)=O. The van der Waals surface area contributed by atoms with Gasteiger partial charge in [0.15, 0.2) is 11.5 Å². The summed E-state index contributed by atoms with van der Waals surface area (Å²) in [5.41, 5.74) is 0.952. The van der Waals surface area contributed by atoms with Gasteiger partial charge >= 0.3 is 5.97 Å². The van der Waals surface area contributed by atoms with Gasteiger partial charge in [-0.2, -0.15) is 5.26 Å². The molecule has 1 aromatic rings. The summed E-state index contributed by atoms with van der Waals surface area (Å²) in [6.45, 7) is 5.18. The van der Waals surface area contributed by atoms with Gasteiger partial charge in [0.25, 0.3) is 0 Å². The van der Waals surface area contributed by atoms with Crippen LogP contribution in [0.15, 0.2) is 18.2 Å². The van der Waals surface area contributed by atoms with E-state index < -0.39 is 5.97 Å². The largest absolute Gasteiger partial charge is 0.493 e. The average Bonchev–Trinajstić information content (AvgIpc) is 2.48. The van der Waals surface area contributed by atoms with E-state index in [9.17, 15) is 9.59 Å². The molecule has 0 aliphatic carbocycles. The molecular weight excluding hydrogens is 296 g/mol. The van der Waals surface area contributed by atoms with Crippen LogP contribution in [0.2, 0.25) is 0 Å². The van der Waals surface area contributed by atoms with Crippen LogP contribution in [0.5, 0.6) is 11.5 Å². The van der Waals surface area contributed by atoms with E-state index in [1.165, 1.54) is 21.0 Å². The Morgan fingerprint density at radius 1 is 1.30 bits per heavy atom. The van der Waals surface area contributed by atoms with Crippen LogP contribution in [-0.2, 0) is 16.0 Å². The van der Waals surface area contributed by atoms with Crippen molar-refractivity contribution in [1.82, 2.24) is 4.90 Å². The number of ether oxygens (including phenoxy) is 2. The Bertz CT molecular complexity index is 607. The van der Waals surface area contributed by atoms with Gasteiger partial charge in [-0.05, 0) is 31.0 Å². The Labute approximate surface area is 136 Å². The van der Waals surface area contributed by atoms with Crippen LogP contribution in [0.4, 0.5) is 0 Å². The van der Waals surface area contributed by atoms with Gasteiger partial charge in [-0.25, -0.2) is 0 Å². The minimum Gasteiger partial charge on any atom is -0.493 e. The first-order valence-corrected chi connectivity index (χ1v) is 7.38. The zero-order chi connectivity index (χ0) is 17.4. The second-order valence-corrected chi connectivity index (χ2v) is 5.25. The number of nitriles is 1. The van der Waals surface area contributed by atoms with Gasteiger partial charge in [-0.1, -0.05) is 6.07 Å². The van der Waals surface area contributed by atoms with Crippen molar-refractivity contribution in [1.29, 1.82) is 5.26 Å². The number of carbonyl (C=O) groups excluding carboxylic acids is 2. The van der Waals surface area contributed by atoms with Crippen molar-refractivity contribution in [2.45, 2.75) is 39.7 Å². The highest BCUT2D eigenvalue weighted by atomic mass is 16.6. The van der Waals surface area contributed by atoms with Crippen LogP contribution >= 0.6 is 0 Å². The molecule has 1 unspecified atom stereocenters. The van der Waals surface area contributed by atoms with E-state index in [2.05, 4.69) is 6.07 Å². The maximum atomic E-state index is 11.7. The number of nitrogens with zero attached hydrogens (tertiary/aromatic N) is 2. The molecule has 0 aliphatic rings. The van der Waals surface area contributed by atoms with Gasteiger partial charge < -0.3 is 14.4 Å². The summed E-state index contributed by atoms with van der Waals surface area (Å²) in [5.74, 6) is 0.362. The maximum absolute atomic E-state index is 11.7. The summed E-state index contributed by atoms with van der Waals surface area (Å²) in [4.78, 5) is 24.5. The summed E-state index contributed by atoms with van der Waals surface area (Å²) in [7, 11) is 1.50. The first-order chi connectivity index (χ1) is 10.9. The van der Waals surface area contributed by atoms with Crippen LogP contribution in [0.25, 0.3) is 0 Å².